The molecule has 88 valence electrons. The summed E-state index contributed by atoms with van der Waals surface area (Å²) in [6, 6.07) is 3.76. The lowest BCUT2D eigenvalue weighted by Gasteiger charge is -2.19. The third kappa shape index (κ3) is 2.53. The van der Waals surface area contributed by atoms with Crippen LogP contribution in [0.1, 0.15) is 31.2 Å². The Morgan fingerprint density at radius 2 is 2.19 bits per heavy atom. The van der Waals surface area contributed by atoms with Crippen LogP contribution in [0.25, 0.3) is 0 Å². The molecule has 0 bridgehead atoms. The van der Waals surface area contributed by atoms with Gasteiger partial charge in [-0.25, -0.2) is 0 Å². The van der Waals surface area contributed by atoms with Crippen LogP contribution in [0.15, 0.2) is 23.1 Å². The minimum absolute atomic E-state index is 0.0634. The van der Waals surface area contributed by atoms with E-state index in [1.54, 1.807) is 10.6 Å². The molecular formula is C13H20N2O. The van der Waals surface area contributed by atoms with E-state index in [4.69, 9.17) is 5.73 Å². The van der Waals surface area contributed by atoms with Crippen LogP contribution in [0, 0.1) is 12.8 Å². The Balaban J connectivity index is 2.05. The summed E-state index contributed by atoms with van der Waals surface area (Å²) in [5.41, 5.74) is 7.23. The highest BCUT2D eigenvalue weighted by Gasteiger charge is 2.22. The summed E-state index contributed by atoms with van der Waals surface area (Å²) in [5.74, 6) is 0.605. The summed E-state index contributed by atoms with van der Waals surface area (Å²) in [4.78, 5) is 11.7. The zero-order chi connectivity index (χ0) is 11.5. The molecule has 0 spiro atoms. The SMILES string of the molecule is Cc1ccn(CC(N)C2CCCC2)c(=O)c1. The van der Waals surface area contributed by atoms with Gasteiger partial charge in [0.05, 0.1) is 0 Å². The van der Waals surface area contributed by atoms with Crippen molar-refractivity contribution in [2.75, 3.05) is 0 Å². The van der Waals surface area contributed by atoms with Crippen molar-refractivity contribution in [1.82, 2.24) is 4.57 Å². The molecule has 2 N–H and O–H groups in total. The van der Waals surface area contributed by atoms with Crippen LogP contribution in [0.3, 0.4) is 0 Å². The van der Waals surface area contributed by atoms with Crippen molar-refractivity contribution in [3.05, 3.63) is 34.2 Å². The quantitative estimate of drug-likeness (QED) is 0.842. The smallest absolute Gasteiger partial charge is 0.250 e. The maximum atomic E-state index is 11.7. The molecule has 1 aliphatic rings. The molecule has 0 aromatic carbocycles. The molecule has 1 aliphatic carbocycles. The molecule has 1 saturated carbocycles. The second-order valence-electron chi connectivity index (χ2n) is 4.90. The molecule has 3 heteroatoms. The first kappa shape index (κ1) is 11.4. The summed E-state index contributed by atoms with van der Waals surface area (Å²) < 4.78 is 1.73. The van der Waals surface area contributed by atoms with Gasteiger partial charge in [0, 0.05) is 24.8 Å². The van der Waals surface area contributed by atoms with Crippen LogP contribution < -0.4 is 11.3 Å². The number of nitrogens with zero attached hydrogens (tertiary/aromatic N) is 1. The second-order valence-corrected chi connectivity index (χ2v) is 4.90. The molecule has 16 heavy (non-hydrogen) atoms. The molecule has 1 atom stereocenters. The fourth-order valence-corrected chi connectivity index (χ4v) is 2.52. The fourth-order valence-electron chi connectivity index (χ4n) is 2.52. The monoisotopic (exact) mass is 220 g/mol. The standard InChI is InChI=1S/C13H20N2O/c1-10-6-7-15(13(16)8-10)9-12(14)11-4-2-3-5-11/h6-8,11-12H,2-5,9,14H2,1H3. The van der Waals surface area contributed by atoms with E-state index in [-0.39, 0.29) is 11.6 Å². The number of aryl methyl sites for hydroxylation is 1. The van der Waals surface area contributed by atoms with Gasteiger partial charge in [0.2, 0.25) is 0 Å². The highest BCUT2D eigenvalue weighted by atomic mass is 16.1. The predicted octanol–water partition coefficient (Wildman–Crippen LogP) is 1.67. The minimum atomic E-state index is 0.0634. The van der Waals surface area contributed by atoms with Crippen molar-refractivity contribution < 1.29 is 0 Å². The Bertz CT molecular complexity index is 405. The first-order valence-electron chi connectivity index (χ1n) is 6.09. The van der Waals surface area contributed by atoms with Gasteiger partial charge in [-0.15, -0.1) is 0 Å². The maximum absolute atomic E-state index is 11.7. The lowest BCUT2D eigenvalue weighted by atomic mass is 9.99. The van der Waals surface area contributed by atoms with E-state index in [9.17, 15) is 4.79 Å². The molecule has 1 unspecified atom stereocenters. The van der Waals surface area contributed by atoms with Crippen molar-refractivity contribution in [1.29, 1.82) is 0 Å². The number of rotatable bonds is 3. The van der Waals surface area contributed by atoms with Gasteiger partial charge in [0.1, 0.15) is 0 Å². The van der Waals surface area contributed by atoms with Gasteiger partial charge in [0.25, 0.3) is 5.56 Å². The Kier molecular flexibility index (Phi) is 3.44. The van der Waals surface area contributed by atoms with Crippen LogP contribution >= 0.6 is 0 Å². The van der Waals surface area contributed by atoms with Gasteiger partial charge in [0.15, 0.2) is 0 Å². The predicted molar refractivity (Wildman–Crippen MR) is 65.4 cm³/mol. The molecule has 0 amide bonds. The van der Waals surface area contributed by atoms with Crippen LogP contribution in [0.5, 0.6) is 0 Å². The lowest BCUT2D eigenvalue weighted by Crippen LogP contribution is -2.36. The van der Waals surface area contributed by atoms with Gasteiger partial charge in [-0.1, -0.05) is 12.8 Å². The van der Waals surface area contributed by atoms with Crippen LogP contribution in [-0.2, 0) is 6.54 Å². The molecule has 3 nitrogen and oxygen atoms in total. The van der Waals surface area contributed by atoms with Crippen LogP contribution in [0.2, 0.25) is 0 Å². The summed E-state index contributed by atoms with van der Waals surface area (Å²) >= 11 is 0. The average Bonchev–Trinajstić information content (AvgIpc) is 2.75. The second kappa shape index (κ2) is 4.83. The first-order chi connectivity index (χ1) is 7.66. The van der Waals surface area contributed by atoms with Gasteiger partial charge in [-0.05, 0) is 37.3 Å². The van der Waals surface area contributed by atoms with Crippen molar-refractivity contribution in [2.24, 2.45) is 11.7 Å². The molecule has 1 heterocycles. The fraction of sp³-hybridized carbons (Fsp3) is 0.615. The molecular weight excluding hydrogens is 200 g/mol. The van der Waals surface area contributed by atoms with E-state index < -0.39 is 0 Å². The van der Waals surface area contributed by atoms with Crippen LogP contribution in [0.4, 0.5) is 0 Å². The summed E-state index contributed by atoms with van der Waals surface area (Å²) in [6.45, 7) is 2.59. The minimum Gasteiger partial charge on any atom is -0.326 e. The topological polar surface area (TPSA) is 48.0 Å². The molecule has 2 rings (SSSR count). The summed E-state index contributed by atoms with van der Waals surface area (Å²) in [7, 11) is 0. The molecule has 0 radical (unpaired) electrons. The van der Waals surface area contributed by atoms with Crippen molar-refractivity contribution >= 4 is 0 Å². The molecule has 1 fully saturated rings. The Hall–Kier alpha value is -1.09. The highest BCUT2D eigenvalue weighted by Crippen LogP contribution is 2.27. The zero-order valence-electron chi connectivity index (χ0n) is 9.86. The van der Waals surface area contributed by atoms with Crippen LogP contribution in [-0.4, -0.2) is 10.6 Å². The van der Waals surface area contributed by atoms with E-state index in [2.05, 4.69) is 0 Å². The van der Waals surface area contributed by atoms with Gasteiger partial charge >= 0.3 is 0 Å². The van der Waals surface area contributed by atoms with Crippen molar-refractivity contribution in [3.8, 4) is 0 Å². The Morgan fingerprint density at radius 1 is 1.50 bits per heavy atom. The molecule has 0 saturated heterocycles. The number of hydrogen-bond donors (Lipinski definition) is 1. The number of pyridine rings is 1. The highest BCUT2D eigenvalue weighted by molar-refractivity contribution is 5.08. The molecule has 1 aromatic rings. The summed E-state index contributed by atoms with van der Waals surface area (Å²) in [6.07, 6.45) is 6.89. The summed E-state index contributed by atoms with van der Waals surface area (Å²) in [5, 5.41) is 0. The number of nitrogens with two attached hydrogens (primary N) is 1. The van der Waals surface area contributed by atoms with E-state index in [0.717, 1.165) is 5.56 Å². The number of aromatic nitrogens is 1. The normalized spacial score (nSPS) is 18.9. The Labute approximate surface area is 96.3 Å². The third-order valence-corrected chi connectivity index (χ3v) is 3.56. The zero-order valence-corrected chi connectivity index (χ0v) is 9.86. The lowest BCUT2D eigenvalue weighted by molar-refractivity contribution is 0.383. The van der Waals surface area contributed by atoms with Gasteiger partial charge < -0.3 is 10.3 Å². The van der Waals surface area contributed by atoms with E-state index >= 15 is 0 Å². The third-order valence-electron chi connectivity index (χ3n) is 3.56. The average molecular weight is 220 g/mol. The largest absolute Gasteiger partial charge is 0.326 e. The molecule has 1 aromatic heterocycles. The van der Waals surface area contributed by atoms with E-state index in [0.29, 0.717) is 12.5 Å². The maximum Gasteiger partial charge on any atom is 0.250 e. The van der Waals surface area contributed by atoms with Crippen molar-refractivity contribution in [2.45, 2.75) is 45.2 Å². The molecule has 0 aliphatic heterocycles. The van der Waals surface area contributed by atoms with Gasteiger partial charge in [-0.2, -0.15) is 0 Å². The Morgan fingerprint density at radius 3 is 2.81 bits per heavy atom. The van der Waals surface area contributed by atoms with Gasteiger partial charge in [-0.3, -0.25) is 4.79 Å². The number of hydrogen-bond acceptors (Lipinski definition) is 2. The van der Waals surface area contributed by atoms with E-state index in [1.807, 2.05) is 19.2 Å². The van der Waals surface area contributed by atoms with Crippen molar-refractivity contribution in [3.63, 3.8) is 0 Å². The van der Waals surface area contributed by atoms with E-state index in [1.165, 1.54) is 25.7 Å². The first-order valence-corrected chi connectivity index (χ1v) is 6.09.